The summed E-state index contributed by atoms with van der Waals surface area (Å²) in [5.41, 5.74) is 1.72. The fraction of sp³-hybridized carbons (Fsp3) is 0.600. The van der Waals surface area contributed by atoms with Crippen molar-refractivity contribution in [3.05, 3.63) is 29.3 Å². The van der Waals surface area contributed by atoms with Crippen LogP contribution in [-0.4, -0.2) is 34.7 Å². The number of benzene rings is 1. The SMILES string of the molecule is CCCN(CCC)CCc1ccc(CO)c(O)c1. The Balaban J connectivity index is 2.53. The van der Waals surface area contributed by atoms with Gasteiger partial charge in [0.05, 0.1) is 6.61 Å². The van der Waals surface area contributed by atoms with Gasteiger partial charge in [0, 0.05) is 12.1 Å². The van der Waals surface area contributed by atoms with Gasteiger partial charge in [-0.05, 0) is 44.0 Å². The maximum Gasteiger partial charge on any atom is 0.121 e. The molecule has 0 spiro atoms. The largest absolute Gasteiger partial charge is 0.508 e. The highest BCUT2D eigenvalue weighted by Crippen LogP contribution is 2.19. The Labute approximate surface area is 110 Å². The van der Waals surface area contributed by atoms with Gasteiger partial charge in [-0.15, -0.1) is 0 Å². The lowest BCUT2D eigenvalue weighted by Gasteiger charge is -2.20. The second kappa shape index (κ2) is 8.11. The molecule has 0 unspecified atom stereocenters. The van der Waals surface area contributed by atoms with Crippen LogP contribution in [0.2, 0.25) is 0 Å². The van der Waals surface area contributed by atoms with Gasteiger partial charge >= 0.3 is 0 Å². The second-order valence-electron chi connectivity index (χ2n) is 4.71. The minimum atomic E-state index is -0.107. The molecule has 0 atom stereocenters. The number of aromatic hydroxyl groups is 1. The maximum absolute atomic E-state index is 9.69. The van der Waals surface area contributed by atoms with Crippen LogP contribution < -0.4 is 0 Å². The Hall–Kier alpha value is -1.06. The summed E-state index contributed by atoms with van der Waals surface area (Å²) >= 11 is 0. The zero-order valence-corrected chi connectivity index (χ0v) is 11.5. The zero-order valence-electron chi connectivity index (χ0n) is 11.5. The monoisotopic (exact) mass is 251 g/mol. The van der Waals surface area contributed by atoms with Crippen LogP contribution in [0.5, 0.6) is 5.75 Å². The van der Waals surface area contributed by atoms with Crippen molar-refractivity contribution in [3.8, 4) is 5.75 Å². The third-order valence-corrected chi connectivity index (χ3v) is 3.12. The molecule has 0 aliphatic carbocycles. The van der Waals surface area contributed by atoms with E-state index in [1.54, 1.807) is 12.1 Å². The molecule has 0 bridgehead atoms. The predicted molar refractivity (Wildman–Crippen MR) is 74.8 cm³/mol. The normalized spacial score (nSPS) is 11.1. The molecule has 0 radical (unpaired) electrons. The summed E-state index contributed by atoms with van der Waals surface area (Å²) in [5, 5.41) is 18.7. The number of nitrogens with zero attached hydrogens (tertiary/aromatic N) is 1. The van der Waals surface area contributed by atoms with Gasteiger partial charge in [0.1, 0.15) is 5.75 Å². The fourth-order valence-corrected chi connectivity index (χ4v) is 2.15. The first kappa shape index (κ1) is 15.0. The van der Waals surface area contributed by atoms with Crippen LogP contribution in [0.1, 0.15) is 37.8 Å². The van der Waals surface area contributed by atoms with E-state index in [1.807, 2.05) is 6.07 Å². The lowest BCUT2D eigenvalue weighted by Crippen LogP contribution is -2.27. The minimum Gasteiger partial charge on any atom is -0.508 e. The molecule has 0 aliphatic heterocycles. The van der Waals surface area contributed by atoms with Crippen LogP contribution in [0.25, 0.3) is 0 Å². The van der Waals surface area contributed by atoms with E-state index < -0.39 is 0 Å². The van der Waals surface area contributed by atoms with Crippen LogP contribution >= 0.6 is 0 Å². The number of rotatable bonds is 8. The summed E-state index contributed by atoms with van der Waals surface area (Å²) in [6.45, 7) is 7.58. The highest BCUT2D eigenvalue weighted by Gasteiger charge is 2.05. The topological polar surface area (TPSA) is 43.7 Å². The third kappa shape index (κ3) is 4.67. The van der Waals surface area contributed by atoms with E-state index in [0.717, 1.165) is 31.6 Å². The number of hydrogen-bond donors (Lipinski definition) is 2. The van der Waals surface area contributed by atoms with Gasteiger partial charge in [-0.1, -0.05) is 26.0 Å². The average molecular weight is 251 g/mol. The van der Waals surface area contributed by atoms with Crippen molar-refractivity contribution in [1.82, 2.24) is 4.90 Å². The molecule has 0 saturated carbocycles. The van der Waals surface area contributed by atoms with E-state index in [2.05, 4.69) is 18.7 Å². The predicted octanol–water partition coefficient (Wildman–Crippen LogP) is 2.55. The molecular formula is C15H25NO2. The molecule has 102 valence electrons. The summed E-state index contributed by atoms with van der Waals surface area (Å²) in [5.74, 6) is 0.201. The van der Waals surface area contributed by atoms with Crippen molar-refractivity contribution in [2.24, 2.45) is 0 Å². The van der Waals surface area contributed by atoms with Gasteiger partial charge in [-0.2, -0.15) is 0 Å². The van der Waals surface area contributed by atoms with Gasteiger partial charge in [-0.25, -0.2) is 0 Å². The van der Waals surface area contributed by atoms with E-state index in [9.17, 15) is 5.11 Å². The maximum atomic E-state index is 9.69. The second-order valence-corrected chi connectivity index (χ2v) is 4.71. The van der Waals surface area contributed by atoms with Gasteiger partial charge in [0.15, 0.2) is 0 Å². The molecule has 0 aliphatic rings. The van der Waals surface area contributed by atoms with E-state index >= 15 is 0 Å². The number of aliphatic hydroxyl groups excluding tert-OH is 1. The van der Waals surface area contributed by atoms with Crippen molar-refractivity contribution >= 4 is 0 Å². The Morgan fingerprint density at radius 2 is 1.72 bits per heavy atom. The smallest absolute Gasteiger partial charge is 0.121 e. The molecule has 0 saturated heterocycles. The Morgan fingerprint density at radius 3 is 2.22 bits per heavy atom. The average Bonchev–Trinajstić information content (AvgIpc) is 2.36. The molecule has 3 nitrogen and oxygen atoms in total. The Morgan fingerprint density at radius 1 is 1.06 bits per heavy atom. The summed E-state index contributed by atoms with van der Waals surface area (Å²) < 4.78 is 0. The first-order chi connectivity index (χ1) is 8.71. The van der Waals surface area contributed by atoms with E-state index in [-0.39, 0.29) is 12.4 Å². The van der Waals surface area contributed by atoms with Gasteiger partial charge in [0.25, 0.3) is 0 Å². The van der Waals surface area contributed by atoms with E-state index in [0.29, 0.717) is 5.56 Å². The molecule has 0 amide bonds. The first-order valence-electron chi connectivity index (χ1n) is 6.85. The zero-order chi connectivity index (χ0) is 13.4. The lowest BCUT2D eigenvalue weighted by molar-refractivity contribution is 0.274. The first-order valence-corrected chi connectivity index (χ1v) is 6.85. The van der Waals surface area contributed by atoms with Crippen molar-refractivity contribution < 1.29 is 10.2 Å². The summed E-state index contributed by atoms with van der Waals surface area (Å²) in [6, 6.07) is 5.55. The molecule has 3 heteroatoms. The summed E-state index contributed by atoms with van der Waals surface area (Å²) in [7, 11) is 0. The third-order valence-electron chi connectivity index (χ3n) is 3.12. The molecule has 18 heavy (non-hydrogen) atoms. The number of phenols is 1. The molecule has 1 aromatic rings. The Bertz CT molecular complexity index is 346. The molecule has 1 aromatic carbocycles. The minimum absolute atomic E-state index is 0.107. The number of hydrogen-bond acceptors (Lipinski definition) is 3. The number of aliphatic hydroxyl groups is 1. The van der Waals surface area contributed by atoms with Crippen LogP contribution in [0.3, 0.4) is 0 Å². The van der Waals surface area contributed by atoms with E-state index in [4.69, 9.17) is 5.11 Å². The van der Waals surface area contributed by atoms with Crippen molar-refractivity contribution in [3.63, 3.8) is 0 Å². The standard InChI is InChI=1S/C15H25NO2/c1-3-8-16(9-4-2)10-7-13-5-6-14(12-17)15(18)11-13/h5-6,11,17-18H,3-4,7-10,12H2,1-2H3. The van der Waals surface area contributed by atoms with Gasteiger partial charge < -0.3 is 15.1 Å². The molecule has 1 rings (SSSR count). The van der Waals surface area contributed by atoms with Crippen LogP contribution in [-0.2, 0) is 13.0 Å². The summed E-state index contributed by atoms with van der Waals surface area (Å²) in [4.78, 5) is 2.46. The highest BCUT2D eigenvalue weighted by atomic mass is 16.3. The van der Waals surface area contributed by atoms with E-state index in [1.165, 1.54) is 12.8 Å². The molecule has 0 fully saturated rings. The lowest BCUT2D eigenvalue weighted by atomic mass is 10.1. The highest BCUT2D eigenvalue weighted by molar-refractivity contribution is 5.36. The van der Waals surface area contributed by atoms with Crippen LogP contribution in [0.15, 0.2) is 18.2 Å². The van der Waals surface area contributed by atoms with Gasteiger partial charge in [-0.3, -0.25) is 0 Å². The van der Waals surface area contributed by atoms with Gasteiger partial charge in [0.2, 0.25) is 0 Å². The Kier molecular flexibility index (Phi) is 6.76. The van der Waals surface area contributed by atoms with Crippen molar-refractivity contribution in [1.29, 1.82) is 0 Å². The molecular weight excluding hydrogens is 226 g/mol. The quantitative estimate of drug-likeness (QED) is 0.746. The van der Waals surface area contributed by atoms with Crippen LogP contribution in [0.4, 0.5) is 0 Å². The van der Waals surface area contributed by atoms with Crippen molar-refractivity contribution in [2.45, 2.75) is 39.7 Å². The van der Waals surface area contributed by atoms with Crippen molar-refractivity contribution in [2.75, 3.05) is 19.6 Å². The molecule has 2 N–H and O–H groups in total. The fourth-order valence-electron chi connectivity index (χ4n) is 2.15. The van der Waals surface area contributed by atoms with Crippen LogP contribution in [0, 0.1) is 0 Å². The molecule has 0 heterocycles. The summed E-state index contributed by atoms with van der Waals surface area (Å²) in [6.07, 6.45) is 3.29. The molecule has 0 aromatic heterocycles.